The number of rotatable bonds is 13. The summed E-state index contributed by atoms with van der Waals surface area (Å²) in [6.45, 7) is 0.408. The highest BCUT2D eigenvalue weighted by molar-refractivity contribution is 7.53. The Kier molecular flexibility index (Phi) is 8.63. The minimum Gasteiger partial charge on any atom is -0.479 e. The molecule has 0 bridgehead atoms. The van der Waals surface area contributed by atoms with Gasteiger partial charge in [0, 0.05) is 7.85 Å². The SMILES string of the molecule is NCCCCC(OP(=O)(O)C(NC(=O)CCc1ccccc1)C1CC1)C(=O)O.[HH]. The van der Waals surface area contributed by atoms with Crippen LogP contribution in [-0.2, 0) is 25.1 Å². The molecular formula is C19H31N2O6P. The number of nitrogens with one attached hydrogen (secondary N) is 1. The van der Waals surface area contributed by atoms with Crippen molar-refractivity contribution < 1.29 is 30.1 Å². The lowest BCUT2D eigenvalue weighted by atomic mass is 10.1. The summed E-state index contributed by atoms with van der Waals surface area (Å²) in [6, 6.07) is 9.47. The summed E-state index contributed by atoms with van der Waals surface area (Å²) in [5.41, 5.74) is 6.40. The summed E-state index contributed by atoms with van der Waals surface area (Å²) in [6.07, 6.45) is 1.85. The fourth-order valence-electron chi connectivity index (χ4n) is 2.96. The highest BCUT2D eigenvalue weighted by Gasteiger charge is 2.46. The molecule has 2 rings (SSSR count). The largest absolute Gasteiger partial charge is 0.479 e. The summed E-state index contributed by atoms with van der Waals surface area (Å²) in [5, 5.41) is 11.9. The van der Waals surface area contributed by atoms with Crippen molar-refractivity contribution in [1.82, 2.24) is 5.32 Å². The maximum Gasteiger partial charge on any atom is 0.351 e. The molecule has 3 atom stereocenters. The summed E-state index contributed by atoms with van der Waals surface area (Å²) >= 11 is 0. The Labute approximate surface area is 166 Å². The number of nitrogens with two attached hydrogens (primary N) is 1. The second-order valence-corrected chi connectivity index (χ2v) is 9.01. The standard InChI is InChI=1S/C19H29N2O6P.H2/c20-13-5-4-8-16(19(23)24)27-28(25,26)18(15-10-11-15)21-17(22)12-9-14-6-2-1-3-7-14;/h1-3,6-7,15-16,18H,4-5,8-13,20H2,(H,21,22)(H,23,24)(H,25,26);1H. The lowest BCUT2D eigenvalue weighted by Gasteiger charge is -2.26. The zero-order valence-corrected chi connectivity index (χ0v) is 16.7. The third-order valence-corrected chi connectivity index (χ3v) is 6.50. The van der Waals surface area contributed by atoms with Gasteiger partial charge in [-0.2, -0.15) is 0 Å². The van der Waals surface area contributed by atoms with E-state index < -0.39 is 25.5 Å². The summed E-state index contributed by atoms with van der Waals surface area (Å²) in [5.74, 6) is -2.90. The van der Waals surface area contributed by atoms with Gasteiger partial charge in [0.1, 0.15) is 5.78 Å². The van der Waals surface area contributed by atoms with Gasteiger partial charge in [-0.05, 0) is 56.6 Å². The fourth-order valence-corrected chi connectivity index (χ4v) is 4.79. The van der Waals surface area contributed by atoms with Crippen LogP contribution in [0.15, 0.2) is 30.3 Å². The van der Waals surface area contributed by atoms with Crippen LogP contribution in [0.1, 0.15) is 45.5 Å². The van der Waals surface area contributed by atoms with E-state index in [0.717, 1.165) is 5.56 Å². The molecule has 28 heavy (non-hydrogen) atoms. The fraction of sp³-hybridized carbons (Fsp3) is 0.579. The van der Waals surface area contributed by atoms with Crippen molar-refractivity contribution >= 4 is 19.5 Å². The Bertz CT molecular complexity index is 701. The molecule has 9 heteroatoms. The van der Waals surface area contributed by atoms with Gasteiger partial charge in [-0.1, -0.05) is 30.3 Å². The number of carboxylic acid groups (broad SMARTS) is 1. The molecule has 0 spiro atoms. The zero-order valence-electron chi connectivity index (χ0n) is 15.8. The second kappa shape index (κ2) is 10.7. The lowest BCUT2D eigenvalue weighted by molar-refractivity contribution is -0.145. The molecule has 1 aliphatic rings. The Morgan fingerprint density at radius 2 is 1.96 bits per heavy atom. The van der Waals surface area contributed by atoms with Crippen LogP contribution in [-0.4, -0.2) is 40.3 Å². The Morgan fingerprint density at radius 3 is 2.54 bits per heavy atom. The molecule has 0 radical (unpaired) electrons. The third-order valence-electron chi connectivity index (χ3n) is 4.69. The average Bonchev–Trinajstić information content (AvgIpc) is 3.49. The van der Waals surface area contributed by atoms with Crippen molar-refractivity contribution in [2.24, 2.45) is 11.7 Å². The molecule has 1 saturated carbocycles. The van der Waals surface area contributed by atoms with Gasteiger partial charge in [0.15, 0.2) is 6.10 Å². The van der Waals surface area contributed by atoms with Crippen molar-refractivity contribution in [3.8, 4) is 0 Å². The van der Waals surface area contributed by atoms with E-state index in [1.807, 2.05) is 30.3 Å². The van der Waals surface area contributed by atoms with E-state index in [1.54, 1.807) is 0 Å². The maximum absolute atomic E-state index is 12.8. The van der Waals surface area contributed by atoms with Crippen LogP contribution in [0.25, 0.3) is 0 Å². The van der Waals surface area contributed by atoms with Gasteiger partial charge in [-0.3, -0.25) is 13.9 Å². The Morgan fingerprint density at radius 1 is 1.29 bits per heavy atom. The van der Waals surface area contributed by atoms with Gasteiger partial charge >= 0.3 is 13.6 Å². The number of aryl methyl sites for hydroxylation is 1. The van der Waals surface area contributed by atoms with Crippen molar-refractivity contribution in [3.05, 3.63) is 35.9 Å². The van der Waals surface area contributed by atoms with E-state index >= 15 is 0 Å². The van der Waals surface area contributed by atoms with Crippen LogP contribution in [0.3, 0.4) is 0 Å². The number of unbranched alkanes of at least 4 members (excludes halogenated alkanes) is 1. The predicted molar refractivity (Wildman–Crippen MR) is 107 cm³/mol. The Balaban J connectivity index is 0.00000420. The highest BCUT2D eigenvalue weighted by Crippen LogP contribution is 2.56. The number of carbonyl (C=O) groups is 2. The third kappa shape index (κ3) is 7.36. The molecule has 1 amide bonds. The minimum absolute atomic E-state index is 0. The van der Waals surface area contributed by atoms with Crippen molar-refractivity contribution in [2.45, 2.75) is 56.8 Å². The molecule has 1 aromatic carbocycles. The van der Waals surface area contributed by atoms with E-state index in [2.05, 4.69) is 5.32 Å². The van der Waals surface area contributed by atoms with Crippen LogP contribution in [0, 0.1) is 5.92 Å². The smallest absolute Gasteiger partial charge is 0.351 e. The van der Waals surface area contributed by atoms with Gasteiger partial charge < -0.3 is 21.1 Å². The molecule has 1 aromatic rings. The molecular weight excluding hydrogens is 383 g/mol. The number of aliphatic carboxylic acids is 1. The first-order chi connectivity index (χ1) is 13.3. The quantitative estimate of drug-likeness (QED) is 0.287. The number of amides is 1. The minimum atomic E-state index is -4.35. The summed E-state index contributed by atoms with van der Waals surface area (Å²) in [7, 11) is -4.35. The van der Waals surface area contributed by atoms with Gasteiger partial charge in [0.2, 0.25) is 5.91 Å². The van der Waals surface area contributed by atoms with E-state index in [1.165, 1.54) is 0 Å². The topological polar surface area (TPSA) is 139 Å². The first-order valence-corrected chi connectivity index (χ1v) is 11.2. The molecule has 0 heterocycles. The molecule has 1 fully saturated rings. The van der Waals surface area contributed by atoms with Gasteiger partial charge in [-0.25, -0.2) is 4.79 Å². The first kappa shape index (κ1) is 22.6. The number of benzene rings is 1. The molecule has 8 nitrogen and oxygen atoms in total. The monoisotopic (exact) mass is 414 g/mol. The van der Waals surface area contributed by atoms with Crippen molar-refractivity contribution in [1.29, 1.82) is 0 Å². The molecule has 158 valence electrons. The predicted octanol–water partition coefficient (Wildman–Crippen LogP) is 2.50. The van der Waals surface area contributed by atoms with Crippen LogP contribution in [0.2, 0.25) is 0 Å². The van der Waals surface area contributed by atoms with Gasteiger partial charge in [0.25, 0.3) is 0 Å². The summed E-state index contributed by atoms with van der Waals surface area (Å²) < 4.78 is 17.9. The maximum atomic E-state index is 12.8. The van der Waals surface area contributed by atoms with E-state index in [0.29, 0.717) is 38.6 Å². The van der Waals surface area contributed by atoms with Crippen LogP contribution >= 0.6 is 7.60 Å². The van der Waals surface area contributed by atoms with Crippen LogP contribution in [0.5, 0.6) is 0 Å². The molecule has 5 N–H and O–H groups in total. The average molecular weight is 414 g/mol. The van der Waals surface area contributed by atoms with Gasteiger partial charge in [0.05, 0.1) is 0 Å². The molecule has 0 saturated heterocycles. The lowest BCUT2D eigenvalue weighted by Crippen LogP contribution is -2.38. The highest BCUT2D eigenvalue weighted by atomic mass is 31.2. The van der Waals surface area contributed by atoms with Crippen molar-refractivity contribution in [3.63, 3.8) is 0 Å². The molecule has 0 aliphatic heterocycles. The first-order valence-electron chi connectivity index (χ1n) is 9.60. The van der Waals surface area contributed by atoms with E-state index in [9.17, 15) is 24.2 Å². The summed E-state index contributed by atoms with van der Waals surface area (Å²) in [4.78, 5) is 34.1. The van der Waals surface area contributed by atoms with E-state index in [4.69, 9.17) is 10.3 Å². The zero-order chi connectivity index (χ0) is 20.6. The molecule has 3 unspecified atom stereocenters. The van der Waals surface area contributed by atoms with Gasteiger partial charge in [-0.15, -0.1) is 0 Å². The van der Waals surface area contributed by atoms with Crippen LogP contribution in [0.4, 0.5) is 0 Å². The number of hydrogen-bond donors (Lipinski definition) is 4. The van der Waals surface area contributed by atoms with Crippen molar-refractivity contribution in [2.75, 3.05) is 6.54 Å². The second-order valence-electron chi connectivity index (χ2n) is 7.12. The van der Waals surface area contributed by atoms with Crippen LogP contribution < -0.4 is 11.1 Å². The normalized spacial score (nSPS) is 18.1. The van der Waals surface area contributed by atoms with E-state index in [-0.39, 0.29) is 26.1 Å². The number of carboxylic acids is 1. The number of carbonyl (C=O) groups excluding carboxylic acids is 1. The molecule has 1 aliphatic carbocycles. The Hall–Kier alpha value is -1.73. The molecule has 0 aromatic heterocycles. The number of hydrogen-bond acceptors (Lipinski definition) is 5.